The van der Waals surface area contributed by atoms with Crippen LogP contribution >= 0.6 is 27.3 Å². The van der Waals surface area contributed by atoms with Crippen LogP contribution in [-0.2, 0) is 4.74 Å². The highest BCUT2D eigenvalue weighted by atomic mass is 79.9. The number of likely N-dealkylation sites (N-methyl/N-ethyl adjacent to an activating group) is 1. The molecule has 1 heterocycles. The standard InChI is InChI=1S/C11H19BrN2OS/c1-3-15-6-5-14(2)10(8-13)11-9(12)4-7-16-11/h4,7,10H,3,5-6,8,13H2,1-2H3. The van der Waals surface area contributed by atoms with Crippen LogP contribution in [0.25, 0.3) is 0 Å². The summed E-state index contributed by atoms with van der Waals surface area (Å²) in [5.41, 5.74) is 5.84. The Labute approximate surface area is 110 Å². The second-order valence-electron chi connectivity index (χ2n) is 3.56. The number of halogens is 1. The smallest absolute Gasteiger partial charge is 0.0593 e. The van der Waals surface area contributed by atoms with E-state index in [0.717, 1.165) is 24.2 Å². The summed E-state index contributed by atoms with van der Waals surface area (Å²) in [4.78, 5) is 3.54. The maximum absolute atomic E-state index is 5.84. The van der Waals surface area contributed by atoms with Gasteiger partial charge in [-0.3, -0.25) is 4.90 Å². The molecule has 0 aliphatic carbocycles. The van der Waals surface area contributed by atoms with Gasteiger partial charge in [-0.25, -0.2) is 0 Å². The number of hydrogen-bond acceptors (Lipinski definition) is 4. The van der Waals surface area contributed by atoms with Crippen LogP contribution in [0.3, 0.4) is 0 Å². The molecule has 0 fully saturated rings. The van der Waals surface area contributed by atoms with Gasteiger partial charge in [-0.2, -0.15) is 0 Å². The maximum Gasteiger partial charge on any atom is 0.0593 e. The average molecular weight is 307 g/mol. The molecule has 1 aromatic heterocycles. The first-order valence-electron chi connectivity index (χ1n) is 5.41. The van der Waals surface area contributed by atoms with Gasteiger partial charge in [-0.05, 0) is 41.3 Å². The van der Waals surface area contributed by atoms with Gasteiger partial charge in [0.15, 0.2) is 0 Å². The van der Waals surface area contributed by atoms with E-state index in [9.17, 15) is 0 Å². The lowest BCUT2D eigenvalue weighted by atomic mass is 10.2. The van der Waals surface area contributed by atoms with Gasteiger partial charge in [0.05, 0.1) is 12.6 Å². The van der Waals surface area contributed by atoms with Gasteiger partial charge in [0.1, 0.15) is 0 Å². The Bertz CT molecular complexity index is 306. The van der Waals surface area contributed by atoms with E-state index in [-0.39, 0.29) is 6.04 Å². The van der Waals surface area contributed by atoms with Crippen molar-refractivity contribution in [3.63, 3.8) is 0 Å². The van der Waals surface area contributed by atoms with Gasteiger partial charge in [0, 0.05) is 29.0 Å². The maximum atomic E-state index is 5.84. The van der Waals surface area contributed by atoms with E-state index >= 15 is 0 Å². The summed E-state index contributed by atoms with van der Waals surface area (Å²) in [7, 11) is 2.09. The Hall–Kier alpha value is 0.0600. The normalized spacial score (nSPS) is 13.3. The van der Waals surface area contributed by atoms with E-state index in [1.54, 1.807) is 11.3 Å². The molecule has 0 bridgehead atoms. The SMILES string of the molecule is CCOCCN(C)C(CN)c1sccc1Br. The molecule has 0 spiro atoms. The van der Waals surface area contributed by atoms with Crippen molar-refractivity contribution in [2.75, 3.05) is 33.4 Å². The molecule has 1 unspecified atom stereocenters. The van der Waals surface area contributed by atoms with Crippen LogP contribution in [0.2, 0.25) is 0 Å². The second-order valence-corrected chi connectivity index (χ2v) is 5.36. The fraction of sp³-hybridized carbons (Fsp3) is 0.636. The largest absolute Gasteiger partial charge is 0.380 e. The van der Waals surface area contributed by atoms with Gasteiger partial charge in [-0.1, -0.05) is 0 Å². The lowest BCUT2D eigenvalue weighted by molar-refractivity contribution is 0.109. The van der Waals surface area contributed by atoms with Crippen LogP contribution in [-0.4, -0.2) is 38.3 Å². The number of rotatable bonds is 7. The minimum absolute atomic E-state index is 0.273. The van der Waals surface area contributed by atoms with Crippen LogP contribution in [0.4, 0.5) is 0 Å². The molecule has 0 aliphatic heterocycles. The third-order valence-electron chi connectivity index (χ3n) is 2.50. The monoisotopic (exact) mass is 306 g/mol. The highest BCUT2D eigenvalue weighted by Crippen LogP contribution is 2.31. The van der Waals surface area contributed by atoms with Crippen LogP contribution in [0, 0.1) is 0 Å². The Morgan fingerprint density at radius 1 is 1.62 bits per heavy atom. The van der Waals surface area contributed by atoms with E-state index in [2.05, 4.69) is 39.3 Å². The van der Waals surface area contributed by atoms with Crippen LogP contribution in [0.5, 0.6) is 0 Å². The van der Waals surface area contributed by atoms with E-state index in [1.165, 1.54) is 4.88 Å². The van der Waals surface area contributed by atoms with Crippen molar-refractivity contribution in [1.29, 1.82) is 0 Å². The molecule has 16 heavy (non-hydrogen) atoms. The fourth-order valence-corrected chi connectivity index (χ4v) is 3.36. The molecule has 92 valence electrons. The highest BCUT2D eigenvalue weighted by molar-refractivity contribution is 9.10. The molecule has 0 aliphatic rings. The molecule has 0 saturated carbocycles. The van der Waals surface area contributed by atoms with Crippen molar-refractivity contribution >= 4 is 27.3 Å². The third-order valence-corrected chi connectivity index (χ3v) is 4.47. The molecule has 1 atom stereocenters. The quantitative estimate of drug-likeness (QED) is 0.787. The summed E-state index contributed by atoms with van der Waals surface area (Å²) in [6.07, 6.45) is 0. The number of nitrogens with zero attached hydrogens (tertiary/aromatic N) is 1. The molecular weight excluding hydrogens is 288 g/mol. The van der Waals surface area contributed by atoms with Crippen molar-refractivity contribution in [2.45, 2.75) is 13.0 Å². The topological polar surface area (TPSA) is 38.5 Å². The molecule has 5 heteroatoms. The zero-order valence-electron chi connectivity index (χ0n) is 9.78. The van der Waals surface area contributed by atoms with Gasteiger partial charge in [0.25, 0.3) is 0 Å². The van der Waals surface area contributed by atoms with Crippen LogP contribution in [0.15, 0.2) is 15.9 Å². The highest BCUT2D eigenvalue weighted by Gasteiger charge is 2.18. The Morgan fingerprint density at radius 3 is 2.88 bits per heavy atom. The first-order chi connectivity index (χ1) is 7.70. The summed E-state index contributed by atoms with van der Waals surface area (Å²) in [6.45, 7) is 5.06. The molecular formula is C11H19BrN2OS. The minimum atomic E-state index is 0.273. The van der Waals surface area contributed by atoms with Gasteiger partial charge < -0.3 is 10.5 Å². The predicted molar refractivity (Wildman–Crippen MR) is 72.9 cm³/mol. The molecule has 1 aromatic rings. The lowest BCUT2D eigenvalue weighted by Gasteiger charge is -2.26. The van der Waals surface area contributed by atoms with Crippen molar-refractivity contribution in [3.8, 4) is 0 Å². The number of nitrogens with two attached hydrogens (primary N) is 1. The average Bonchev–Trinajstić information content (AvgIpc) is 2.67. The van der Waals surface area contributed by atoms with E-state index in [0.29, 0.717) is 6.54 Å². The first kappa shape index (κ1) is 14.1. The van der Waals surface area contributed by atoms with Gasteiger partial charge in [0.2, 0.25) is 0 Å². The van der Waals surface area contributed by atoms with Gasteiger partial charge >= 0.3 is 0 Å². The van der Waals surface area contributed by atoms with Crippen molar-refractivity contribution in [3.05, 3.63) is 20.8 Å². The van der Waals surface area contributed by atoms with Gasteiger partial charge in [-0.15, -0.1) is 11.3 Å². The predicted octanol–water partition coefficient (Wildman–Crippen LogP) is 2.48. The molecule has 2 N–H and O–H groups in total. The summed E-state index contributed by atoms with van der Waals surface area (Å²) in [6, 6.07) is 2.34. The number of thiophene rings is 1. The number of ether oxygens (including phenoxy) is 1. The lowest BCUT2D eigenvalue weighted by Crippen LogP contribution is -2.32. The van der Waals surface area contributed by atoms with Crippen molar-refractivity contribution in [2.24, 2.45) is 5.73 Å². The fourth-order valence-electron chi connectivity index (χ4n) is 1.54. The second kappa shape index (κ2) is 7.40. The summed E-state index contributed by atoms with van der Waals surface area (Å²) < 4.78 is 6.50. The van der Waals surface area contributed by atoms with Crippen LogP contribution in [0.1, 0.15) is 17.8 Å². The zero-order valence-corrected chi connectivity index (χ0v) is 12.2. The summed E-state index contributed by atoms with van der Waals surface area (Å²) in [5, 5.41) is 2.08. The Kier molecular flexibility index (Phi) is 6.53. The molecule has 0 saturated heterocycles. The third kappa shape index (κ3) is 3.82. The van der Waals surface area contributed by atoms with E-state index in [1.807, 2.05) is 6.92 Å². The zero-order chi connectivity index (χ0) is 12.0. The summed E-state index contributed by atoms with van der Waals surface area (Å²) in [5.74, 6) is 0. The minimum Gasteiger partial charge on any atom is -0.380 e. The van der Waals surface area contributed by atoms with Crippen molar-refractivity contribution in [1.82, 2.24) is 4.90 Å². The molecule has 1 rings (SSSR count). The molecule has 3 nitrogen and oxygen atoms in total. The van der Waals surface area contributed by atoms with E-state index in [4.69, 9.17) is 10.5 Å². The molecule has 0 amide bonds. The van der Waals surface area contributed by atoms with Crippen LogP contribution < -0.4 is 5.73 Å². The molecule has 0 radical (unpaired) electrons. The number of hydrogen-bond donors (Lipinski definition) is 1. The Balaban J connectivity index is 2.57. The Morgan fingerprint density at radius 2 is 2.38 bits per heavy atom. The van der Waals surface area contributed by atoms with E-state index < -0.39 is 0 Å². The molecule has 0 aromatic carbocycles. The first-order valence-corrected chi connectivity index (χ1v) is 7.08. The summed E-state index contributed by atoms with van der Waals surface area (Å²) >= 11 is 5.30. The van der Waals surface area contributed by atoms with Crippen molar-refractivity contribution < 1.29 is 4.74 Å².